The molecule has 0 radical (unpaired) electrons. The number of aromatic nitrogens is 2. The number of carboxylic acid groups (broad SMARTS) is 1. The van der Waals surface area contributed by atoms with Crippen LogP contribution in [0.2, 0.25) is 0 Å². The van der Waals surface area contributed by atoms with Gasteiger partial charge in [-0.25, -0.2) is 9.59 Å². The summed E-state index contributed by atoms with van der Waals surface area (Å²) in [4.78, 5) is 35.1. The summed E-state index contributed by atoms with van der Waals surface area (Å²) in [6.45, 7) is 0.0590. The number of benzene rings is 2. The molecule has 1 aliphatic carbocycles. The van der Waals surface area contributed by atoms with Crippen LogP contribution in [0, 0.1) is 11.8 Å². The van der Waals surface area contributed by atoms with Gasteiger partial charge >= 0.3 is 18.0 Å². The lowest BCUT2D eigenvalue weighted by atomic mass is 9.98. The van der Waals surface area contributed by atoms with Gasteiger partial charge in [0.2, 0.25) is 0 Å². The molecule has 0 bridgehead atoms. The molecule has 3 N–H and O–H groups in total. The maximum Gasteiger partial charge on any atom is 0.407 e. The van der Waals surface area contributed by atoms with E-state index in [4.69, 9.17) is 9.84 Å². The standard InChI is InChI=1S/C24H20N4O5/c1-28-13-19(23(30)31)22(27-28)26-21(29)11-6-12-25-24(32)33-14-20-17-9-4-2-7-15(17)16-8-3-5-10-18(16)20/h2-5,7-10,13,20H,12,14H2,1H3,(H,25,32)(H,30,31)(H,26,27,29). The Hall–Kier alpha value is -4.58. The highest BCUT2D eigenvalue weighted by atomic mass is 16.5. The van der Waals surface area contributed by atoms with Gasteiger partial charge in [-0.05, 0) is 28.2 Å². The molecule has 0 saturated carbocycles. The third-order valence-electron chi connectivity index (χ3n) is 5.16. The zero-order valence-corrected chi connectivity index (χ0v) is 17.7. The number of hydrogen-bond donors (Lipinski definition) is 3. The third kappa shape index (κ3) is 4.70. The molecule has 0 unspecified atom stereocenters. The van der Waals surface area contributed by atoms with Gasteiger partial charge in [0.05, 0.1) is 6.54 Å². The summed E-state index contributed by atoms with van der Waals surface area (Å²) in [6.07, 6.45) is 0.619. The van der Waals surface area contributed by atoms with E-state index in [9.17, 15) is 14.4 Å². The van der Waals surface area contributed by atoms with Crippen LogP contribution in [0.25, 0.3) is 11.1 Å². The summed E-state index contributed by atoms with van der Waals surface area (Å²) in [5.41, 5.74) is 4.34. The quantitative estimate of drug-likeness (QED) is 0.520. The Morgan fingerprint density at radius 2 is 1.73 bits per heavy atom. The van der Waals surface area contributed by atoms with Gasteiger partial charge in [-0.2, -0.15) is 5.10 Å². The fraction of sp³-hybridized carbons (Fsp3) is 0.167. The molecule has 1 aromatic heterocycles. The van der Waals surface area contributed by atoms with Gasteiger partial charge in [0.25, 0.3) is 0 Å². The van der Waals surface area contributed by atoms with E-state index in [2.05, 4.69) is 39.7 Å². The van der Waals surface area contributed by atoms with Crippen LogP contribution in [0.1, 0.15) is 27.4 Å². The number of nitrogens with one attached hydrogen (secondary N) is 2. The molecule has 0 aliphatic heterocycles. The van der Waals surface area contributed by atoms with Crippen LogP contribution in [0.15, 0.2) is 54.7 Å². The van der Waals surface area contributed by atoms with Gasteiger partial charge in [0.1, 0.15) is 12.2 Å². The number of aromatic carboxylic acids is 1. The molecule has 1 heterocycles. The summed E-state index contributed by atoms with van der Waals surface area (Å²) in [5, 5.41) is 17.8. The number of amides is 2. The molecule has 9 heteroatoms. The Balaban J connectivity index is 1.29. The summed E-state index contributed by atoms with van der Waals surface area (Å²) < 4.78 is 6.66. The van der Waals surface area contributed by atoms with Crippen LogP contribution >= 0.6 is 0 Å². The molecule has 0 fully saturated rings. The topological polar surface area (TPSA) is 123 Å². The second-order valence-electron chi connectivity index (χ2n) is 7.31. The fourth-order valence-corrected chi connectivity index (χ4v) is 3.77. The molecule has 1 aliphatic rings. The molecule has 166 valence electrons. The molecule has 4 rings (SSSR count). The van der Waals surface area contributed by atoms with Crippen LogP contribution < -0.4 is 10.6 Å². The Bertz CT molecular complexity index is 1260. The molecule has 2 amide bonds. The summed E-state index contributed by atoms with van der Waals surface area (Å²) in [7, 11) is 1.53. The molecule has 33 heavy (non-hydrogen) atoms. The molecule has 2 aromatic carbocycles. The maximum absolute atomic E-state index is 12.1. The Labute approximate surface area is 189 Å². The zero-order chi connectivity index (χ0) is 23.4. The first-order chi connectivity index (χ1) is 15.9. The highest BCUT2D eigenvalue weighted by Gasteiger charge is 2.28. The smallest absolute Gasteiger partial charge is 0.407 e. The Kier molecular flexibility index (Phi) is 6.09. The highest BCUT2D eigenvalue weighted by molar-refractivity contribution is 6.06. The summed E-state index contributed by atoms with van der Waals surface area (Å²) in [5.74, 6) is 2.65. The molecular formula is C24H20N4O5. The monoisotopic (exact) mass is 444 g/mol. The number of ether oxygens (including phenoxy) is 1. The van der Waals surface area contributed by atoms with Gasteiger partial charge in [-0.15, -0.1) is 0 Å². The van der Waals surface area contributed by atoms with Crippen molar-refractivity contribution in [1.29, 1.82) is 0 Å². The van der Waals surface area contributed by atoms with Crippen molar-refractivity contribution in [3.8, 4) is 23.0 Å². The van der Waals surface area contributed by atoms with Gasteiger partial charge < -0.3 is 15.2 Å². The van der Waals surface area contributed by atoms with Crippen molar-refractivity contribution < 1.29 is 24.2 Å². The van der Waals surface area contributed by atoms with Crippen LogP contribution in [-0.4, -0.2) is 46.0 Å². The van der Waals surface area contributed by atoms with E-state index in [1.54, 1.807) is 0 Å². The first-order valence-corrected chi connectivity index (χ1v) is 10.1. The second-order valence-corrected chi connectivity index (χ2v) is 7.31. The van der Waals surface area contributed by atoms with Crippen molar-refractivity contribution in [2.75, 3.05) is 18.5 Å². The predicted octanol–water partition coefficient (Wildman–Crippen LogP) is 2.60. The van der Waals surface area contributed by atoms with Crippen molar-refractivity contribution in [3.63, 3.8) is 0 Å². The highest BCUT2D eigenvalue weighted by Crippen LogP contribution is 2.44. The maximum atomic E-state index is 12.1. The van der Waals surface area contributed by atoms with Crippen LogP contribution in [0.5, 0.6) is 0 Å². The first kappa shape index (κ1) is 21.6. The van der Waals surface area contributed by atoms with Gasteiger partial charge in [0.15, 0.2) is 5.82 Å². The number of hydrogen-bond acceptors (Lipinski definition) is 5. The number of carbonyl (C=O) groups excluding carboxylic acids is 2. The number of fused-ring (bicyclic) bond motifs is 3. The van der Waals surface area contributed by atoms with Crippen molar-refractivity contribution in [2.24, 2.45) is 7.05 Å². The number of rotatable bonds is 5. The number of nitrogens with zero attached hydrogens (tertiary/aromatic N) is 2. The zero-order valence-electron chi connectivity index (χ0n) is 17.7. The number of carboxylic acids is 1. The van der Waals surface area contributed by atoms with Crippen molar-refractivity contribution in [2.45, 2.75) is 5.92 Å². The Morgan fingerprint density at radius 3 is 2.36 bits per heavy atom. The first-order valence-electron chi connectivity index (χ1n) is 10.1. The molecule has 3 aromatic rings. The minimum Gasteiger partial charge on any atom is -0.477 e. The van der Waals surface area contributed by atoms with Crippen LogP contribution in [0.4, 0.5) is 10.6 Å². The lowest BCUT2D eigenvalue weighted by Gasteiger charge is -2.14. The SMILES string of the molecule is Cn1cc(C(=O)O)c(NC(=O)C#CCNC(=O)OCC2c3ccccc3-c3ccccc32)n1. The van der Waals surface area contributed by atoms with E-state index in [1.807, 2.05) is 36.4 Å². The minimum atomic E-state index is -1.22. The minimum absolute atomic E-state index is 0.0539. The van der Waals surface area contributed by atoms with E-state index in [1.165, 1.54) is 17.9 Å². The lowest BCUT2D eigenvalue weighted by molar-refractivity contribution is -0.111. The Morgan fingerprint density at radius 1 is 1.09 bits per heavy atom. The summed E-state index contributed by atoms with van der Waals surface area (Å²) >= 11 is 0. The van der Waals surface area contributed by atoms with Crippen LogP contribution in [-0.2, 0) is 16.6 Å². The number of anilines is 1. The molecule has 0 spiro atoms. The van der Waals surface area contributed by atoms with Gasteiger partial charge in [-0.3, -0.25) is 14.8 Å². The number of aryl methyl sites for hydroxylation is 1. The molecule has 9 nitrogen and oxygen atoms in total. The number of carbonyl (C=O) groups is 3. The lowest BCUT2D eigenvalue weighted by Crippen LogP contribution is -2.26. The van der Waals surface area contributed by atoms with Crippen LogP contribution in [0.3, 0.4) is 0 Å². The molecular weight excluding hydrogens is 424 g/mol. The third-order valence-corrected chi connectivity index (χ3v) is 5.16. The largest absolute Gasteiger partial charge is 0.477 e. The van der Waals surface area contributed by atoms with E-state index < -0.39 is 18.0 Å². The molecule has 0 atom stereocenters. The average molecular weight is 444 g/mol. The molecule has 0 saturated heterocycles. The number of alkyl carbamates (subject to hydrolysis) is 1. The van der Waals surface area contributed by atoms with E-state index in [0.717, 1.165) is 22.3 Å². The van der Waals surface area contributed by atoms with E-state index in [0.29, 0.717) is 0 Å². The normalized spacial score (nSPS) is 11.5. The van der Waals surface area contributed by atoms with Crippen molar-refractivity contribution in [3.05, 3.63) is 71.4 Å². The van der Waals surface area contributed by atoms with Gasteiger partial charge in [-0.1, -0.05) is 54.5 Å². The van der Waals surface area contributed by atoms with Gasteiger partial charge in [0, 0.05) is 19.2 Å². The second kappa shape index (κ2) is 9.28. The van der Waals surface area contributed by atoms with E-state index in [-0.39, 0.29) is 30.5 Å². The van der Waals surface area contributed by atoms with Crippen molar-refractivity contribution >= 4 is 23.8 Å². The average Bonchev–Trinajstić information content (AvgIpc) is 3.33. The van der Waals surface area contributed by atoms with E-state index >= 15 is 0 Å². The predicted molar refractivity (Wildman–Crippen MR) is 120 cm³/mol. The summed E-state index contributed by atoms with van der Waals surface area (Å²) in [6, 6.07) is 16.1. The van der Waals surface area contributed by atoms with Crippen molar-refractivity contribution in [1.82, 2.24) is 15.1 Å². The fourth-order valence-electron chi connectivity index (χ4n) is 3.77.